The Kier molecular flexibility index (Phi) is 12.7. The summed E-state index contributed by atoms with van der Waals surface area (Å²) in [5.74, 6) is -0.691. The van der Waals surface area contributed by atoms with E-state index in [1.807, 2.05) is 0 Å². The molecule has 0 aliphatic carbocycles. The van der Waals surface area contributed by atoms with Gasteiger partial charge in [-0.2, -0.15) is 0 Å². The molecule has 4 heterocycles. The molecule has 46 heavy (non-hydrogen) atoms. The number of ether oxygens (including phenoxy) is 7. The van der Waals surface area contributed by atoms with Gasteiger partial charge in [0.05, 0.1) is 25.4 Å². The van der Waals surface area contributed by atoms with Crippen molar-refractivity contribution < 1.29 is 94.1 Å². The molecule has 0 bridgehead atoms. The molecule has 8 unspecified atom stereocenters. The van der Waals surface area contributed by atoms with Gasteiger partial charge in [-0.3, -0.25) is 4.79 Å². The summed E-state index contributed by atoms with van der Waals surface area (Å²) in [6.07, 6.45) is -31.2. The zero-order valence-electron chi connectivity index (χ0n) is 25.1. The van der Waals surface area contributed by atoms with E-state index in [-0.39, 0.29) is 0 Å². The molecule has 4 aliphatic rings. The molecule has 0 aromatic rings. The van der Waals surface area contributed by atoms with E-state index in [9.17, 15) is 61.0 Å². The molecule has 20 heteroatoms. The van der Waals surface area contributed by atoms with Crippen LogP contribution in [0.15, 0.2) is 0 Å². The fourth-order valence-corrected chi connectivity index (χ4v) is 5.81. The fraction of sp³-hybridized carbons (Fsp3) is 0.962. The number of rotatable bonds is 9. The molecule has 4 rings (SSSR count). The van der Waals surface area contributed by atoms with Crippen LogP contribution in [0, 0.1) is 0 Å². The van der Waals surface area contributed by atoms with Crippen molar-refractivity contribution in [3.63, 3.8) is 0 Å². The monoisotopic (exact) mass is 675 g/mol. The molecular formula is C26H45NO19. The van der Waals surface area contributed by atoms with Crippen molar-refractivity contribution in [3.05, 3.63) is 0 Å². The average Bonchev–Trinajstić information content (AvgIpc) is 3.01. The molecule has 0 aromatic heterocycles. The Morgan fingerprint density at radius 2 is 1.04 bits per heavy atom. The maximum Gasteiger partial charge on any atom is 0.217 e. The van der Waals surface area contributed by atoms with Crippen LogP contribution in [0.3, 0.4) is 0 Å². The van der Waals surface area contributed by atoms with E-state index in [0.29, 0.717) is 0 Å². The minimum Gasteiger partial charge on any atom is -0.394 e. The lowest BCUT2D eigenvalue weighted by Gasteiger charge is -2.50. The van der Waals surface area contributed by atoms with Crippen molar-refractivity contribution in [2.75, 3.05) is 13.2 Å². The van der Waals surface area contributed by atoms with Crippen molar-refractivity contribution in [1.82, 2.24) is 5.32 Å². The third kappa shape index (κ3) is 7.64. The second-order valence-corrected chi connectivity index (χ2v) is 11.8. The van der Waals surface area contributed by atoms with Gasteiger partial charge < -0.3 is 94.6 Å². The lowest BCUT2D eigenvalue weighted by Crippen LogP contribution is -2.70. The minimum atomic E-state index is -1.92. The zero-order valence-corrected chi connectivity index (χ0v) is 25.1. The zero-order chi connectivity index (χ0) is 34.2. The molecule has 1 amide bonds. The van der Waals surface area contributed by atoms with Crippen molar-refractivity contribution in [1.29, 1.82) is 0 Å². The first-order valence-electron chi connectivity index (χ1n) is 14.8. The molecule has 268 valence electrons. The SMILES string of the molecule is CC(=O)NC1[C@H](O)OC(CO)[C@@H](O[C@@H]2O[C@@H](CO)[C@H](O)C(O)C2O[C@@H]2O[C@@H](C)[C@@H](O)C(O)C2O)[C@@H]1O[C@@H]1OC(C)[C@@H](O)[C@H](O)C1O. The van der Waals surface area contributed by atoms with Gasteiger partial charge in [0, 0.05) is 6.92 Å². The second-order valence-electron chi connectivity index (χ2n) is 11.8. The van der Waals surface area contributed by atoms with E-state index < -0.39 is 142 Å². The average molecular weight is 676 g/mol. The van der Waals surface area contributed by atoms with Crippen LogP contribution >= 0.6 is 0 Å². The number of carbonyl (C=O) groups is 1. The topological polar surface area (TPSA) is 316 Å². The molecule has 4 aliphatic heterocycles. The number of carbonyl (C=O) groups excluding carboxylic acids is 1. The van der Waals surface area contributed by atoms with Gasteiger partial charge >= 0.3 is 0 Å². The number of amides is 1. The largest absolute Gasteiger partial charge is 0.394 e. The third-order valence-corrected chi connectivity index (χ3v) is 8.53. The van der Waals surface area contributed by atoms with E-state index >= 15 is 0 Å². The number of nitrogens with one attached hydrogen (secondary N) is 1. The maximum absolute atomic E-state index is 12.1. The maximum atomic E-state index is 12.1. The Hall–Kier alpha value is -1.25. The molecule has 12 N–H and O–H groups in total. The number of aliphatic hydroxyl groups is 11. The first kappa shape index (κ1) is 37.6. The van der Waals surface area contributed by atoms with Crippen molar-refractivity contribution in [3.8, 4) is 0 Å². The summed E-state index contributed by atoms with van der Waals surface area (Å²) in [6, 6.07) is -1.51. The van der Waals surface area contributed by atoms with Gasteiger partial charge in [0.15, 0.2) is 25.2 Å². The standard InChI is InChI=1S/C26H45NO19/c1-6-12(31)15(34)18(37)24(40-6)45-21-11(27-8(3)30)23(39)42-10(5-29)20(21)44-26-22(17(36)14(33)9(4-28)43-26)46-25-19(38)16(35)13(32)7(2)41-25/h6-7,9-26,28-29,31-39H,4-5H2,1-3H3,(H,27,30)/t6?,7-,9-,10?,11?,12+,13+,14-,15-,16?,17?,18?,19?,20+,21+,22?,23+,24-,25-,26-/m0/s1. The van der Waals surface area contributed by atoms with E-state index in [2.05, 4.69) is 5.32 Å². The molecular weight excluding hydrogens is 630 g/mol. The predicted molar refractivity (Wildman–Crippen MR) is 143 cm³/mol. The molecule has 0 saturated carbocycles. The normalized spacial score (nSPS) is 51.9. The minimum absolute atomic E-state index is 0.691. The highest BCUT2D eigenvalue weighted by atomic mass is 16.8. The second kappa shape index (κ2) is 15.5. The van der Waals surface area contributed by atoms with Crippen LogP contribution in [0.1, 0.15) is 20.8 Å². The van der Waals surface area contributed by atoms with E-state index in [4.69, 9.17) is 33.2 Å². The summed E-state index contributed by atoms with van der Waals surface area (Å²) < 4.78 is 39.8. The van der Waals surface area contributed by atoms with Gasteiger partial charge in [-0.05, 0) is 13.8 Å². The highest BCUT2D eigenvalue weighted by Crippen LogP contribution is 2.35. The van der Waals surface area contributed by atoms with Crippen molar-refractivity contribution in [2.24, 2.45) is 0 Å². The quantitative estimate of drug-likeness (QED) is 0.108. The third-order valence-electron chi connectivity index (χ3n) is 8.53. The Labute approximate surface area is 262 Å². The first-order chi connectivity index (χ1) is 21.6. The summed E-state index contributed by atoms with van der Waals surface area (Å²) >= 11 is 0. The fourth-order valence-electron chi connectivity index (χ4n) is 5.81. The van der Waals surface area contributed by atoms with Crippen LogP contribution in [0.5, 0.6) is 0 Å². The number of hydrogen-bond donors (Lipinski definition) is 12. The van der Waals surface area contributed by atoms with E-state index in [0.717, 1.165) is 6.92 Å². The summed E-state index contributed by atoms with van der Waals surface area (Å²) in [5.41, 5.74) is 0. The van der Waals surface area contributed by atoms with Crippen LogP contribution in [0.4, 0.5) is 0 Å². The summed E-state index contributed by atoms with van der Waals surface area (Å²) in [5, 5.41) is 117. The van der Waals surface area contributed by atoms with Gasteiger partial charge in [0.2, 0.25) is 5.91 Å². The van der Waals surface area contributed by atoms with Gasteiger partial charge in [-0.15, -0.1) is 0 Å². The molecule has 0 spiro atoms. The Morgan fingerprint density at radius 3 is 1.52 bits per heavy atom. The van der Waals surface area contributed by atoms with Gasteiger partial charge in [0.25, 0.3) is 0 Å². The van der Waals surface area contributed by atoms with E-state index in [1.54, 1.807) is 0 Å². The Morgan fingerprint density at radius 1 is 0.565 bits per heavy atom. The smallest absolute Gasteiger partial charge is 0.217 e. The van der Waals surface area contributed by atoms with Crippen LogP contribution in [-0.2, 0) is 38.0 Å². The molecule has 20 atom stereocenters. The lowest BCUT2D eigenvalue weighted by molar-refractivity contribution is -0.391. The number of hydrogen-bond acceptors (Lipinski definition) is 19. The Bertz CT molecular complexity index is 997. The summed E-state index contributed by atoms with van der Waals surface area (Å²) in [4.78, 5) is 12.1. The van der Waals surface area contributed by atoms with Gasteiger partial charge in [-0.1, -0.05) is 0 Å². The summed E-state index contributed by atoms with van der Waals surface area (Å²) in [6.45, 7) is 2.15. The van der Waals surface area contributed by atoms with Crippen LogP contribution < -0.4 is 5.32 Å². The highest BCUT2D eigenvalue weighted by molar-refractivity contribution is 5.73. The molecule has 4 saturated heterocycles. The molecule has 4 fully saturated rings. The van der Waals surface area contributed by atoms with Crippen molar-refractivity contribution >= 4 is 5.91 Å². The van der Waals surface area contributed by atoms with Gasteiger partial charge in [0.1, 0.15) is 85.4 Å². The van der Waals surface area contributed by atoms with Crippen LogP contribution in [0.25, 0.3) is 0 Å². The Balaban J connectivity index is 1.68. The predicted octanol–water partition coefficient (Wildman–Crippen LogP) is -7.55. The summed E-state index contributed by atoms with van der Waals surface area (Å²) in [7, 11) is 0. The van der Waals surface area contributed by atoms with E-state index in [1.165, 1.54) is 13.8 Å². The van der Waals surface area contributed by atoms with Crippen LogP contribution in [-0.4, -0.2) is 198 Å². The highest BCUT2D eigenvalue weighted by Gasteiger charge is 2.55. The van der Waals surface area contributed by atoms with Gasteiger partial charge in [-0.25, -0.2) is 0 Å². The first-order valence-corrected chi connectivity index (χ1v) is 14.8. The number of aliphatic hydroxyl groups excluding tert-OH is 11. The lowest BCUT2D eigenvalue weighted by atomic mass is 9.94. The van der Waals surface area contributed by atoms with Crippen molar-refractivity contribution in [2.45, 2.75) is 144 Å². The molecule has 0 aromatic carbocycles. The molecule has 20 nitrogen and oxygen atoms in total. The molecule has 0 radical (unpaired) electrons. The van der Waals surface area contributed by atoms with Crippen LogP contribution in [0.2, 0.25) is 0 Å².